The van der Waals surface area contributed by atoms with Crippen molar-refractivity contribution in [2.24, 2.45) is 5.10 Å². The van der Waals surface area contributed by atoms with Gasteiger partial charge < -0.3 is 15.5 Å². The van der Waals surface area contributed by atoms with Crippen molar-refractivity contribution in [1.29, 1.82) is 0 Å². The molecule has 0 aliphatic rings. The van der Waals surface area contributed by atoms with Crippen LogP contribution in [0.5, 0.6) is 0 Å². The molecule has 2 unspecified atom stereocenters. The van der Waals surface area contributed by atoms with Crippen molar-refractivity contribution >= 4 is 29.2 Å². The molecule has 2 atom stereocenters. The molecule has 10 nitrogen and oxygen atoms in total. The average molecular weight is 286 g/mol. The smallest absolute Gasteiger partial charge is 0.303 e. The summed E-state index contributed by atoms with van der Waals surface area (Å²) in [6.07, 6.45) is 1.40. The molecule has 0 heterocycles. The number of hydrogen-bond acceptors (Lipinski definition) is 7. The number of carbonyl (C=O) groups is 1. The molecule has 20 heavy (non-hydrogen) atoms. The number of carboxylic acid groups (broad SMARTS) is 1. The highest BCUT2D eigenvalue weighted by Crippen LogP contribution is 2.20. The minimum absolute atomic E-state index is 0.0884. The van der Waals surface area contributed by atoms with E-state index >= 15 is 0 Å². The Morgan fingerprint density at radius 1 is 1.35 bits per heavy atom. The van der Waals surface area contributed by atoms with Crippen LogP contribution >= 0.6 is 0 Å². The third-order valence-electron chi connectivity index (χ3n) is 2.26. The summed E-state index contributed by atoms with van der Waals surface area (Å²) in [5, 5.41) is 49.1. The second-order valence-electron chi connectivity index (χ2n) is 3.73. The van der Waals surface area contributed by atoms with Gasteiger partial charge in [0.15, 0.2) is 11.4 Å². The Labute approximate surface area is 113 Å². The summed E-state index contributed by atoms with van der Waals surface area (Å²) in [5.74, 6) is -0.964. The molecule has 1 rings (SSSR count). The number of benzene rings is 1. The van der Waals surface area contributed by atoms with Gasteiger partial charge in [-0.05, 0) is 12.5 Å². The van der Waals surface area contributed by atoms with E-state index in [2.05, 4.69) is 10.5 Å². The van der Waals surface area contributed by atoms with E-state index in [9.17, 15) is 15.2 Å². The van der Waals surface area contributed by atoms with Gasteiger partial charge in [0.1, 0.15) is 5.69 Å². The van der Waals surface area contributed by atoms with Crippen LogP contribution in [0.15, 0.2) is 23.3 Å². The van der Waals surface area contributed by atoms with Crippen LogP contribution in [-0.2, 0) is 4.79 Å². The van der Waals surface area contributed by atoms with E-state index in [1.807, 2.05) is 0 Å². The summed E-state index contributed by atoms with van der Waals surface area (Å²) in [7, 11) is 0. The Kier molecular flexibility index (Phi) is 5.99. The van der Waals surface area contributed by atoms with Crippen molar-refractivity contribution in [3.8, 4) is 0 Å². The van der Waals surface area contributed by atoms with Crippen LogP contribution in [0.4, 0.5) is 17.1 Å². The topological polar surface area (TPSA) is 157 Å². The molecule has 1 aromatic carbocycles. The van der Waals surface area contributed by atoms with E-state index < -0.39 is 16.4 Å². The fourth-order valence-electron chi connectivity index (χ4n) is 1.32. The van der Waals surface area contributed by atoms with Gasteiger partial charge in [-0.2, -0.15) is 15.6 Å². The Balaban J connectivity index is 2.76. The molecule has 0 saturated carbocycles. The maximum absolute atomic E-state index is 11.0. The van der Waals surface area contributed by atoms with Crippen LogP contribution in [0.3, 0.4) is 0 Å². The monoisotopic (exact) mass is 286 g/mol. The molecule has 0 aliphatic heterocycles. The summed E-state index contributed by atoms with van der Waals surface area (Å²) >= 11 is 0. The molecule has 0 aliphatic carbocycles. The highest BCUT2D eigenvalue weighted by Gasteiger charge is 2.13. The highest BCUT2D eigenvalue weighted by atomic mass is 16.8. The molecule has 110 valence electrons. The maximum atomic E-state index is 11.0. The number of anilines is 1. The zero-order chi connectivity index (χ0) is 15.1. The Morgan fingerprint density at radius 3 is 2.60 bits per heavy atom. The lowest BCUT2D eigenvalue weighted by Crippen LogP contribution is -3.00. The van der Waals surface area contributed by atoms with Gasteiger partial charge in [-0.3, -0.25) is 10.2 Å². The van der Waals surface area contributed by atoms with Crippen LogP contribution < -0.4 is 15.9 Å². The molecule has 0 bridgehead atoms. The van der Waals surface area contributed by atoms with E-state index in [0.717, 1.165) is 6.07 Å². The van der Waals surface area contributed by atoms with Gasteiger partial charge in [-0.15, -0.1) is 0 Å². The fraction of sp³-hybridized carbons (Fsp3) is 0.200. The van der Waals surface area contributed by atoms with Crippen molar-refractivity contribution in [3.05, 3.63) is 28.6 Å². The molecular weight excluding hydrogens is 272 g/mol. The summed E-state index contributed by atoms with van der Waals surface area (Å²) in [4.78, 5) is 10.3. The van der Waals surface area contributed by atoms with Crippen LogP contribution in [0.1, 0.15) is 12.8 Å². The predicted molar refractivity (Wildman–Crippen MR) is 67.0 cm³/mol. The molecule has 0 fully saturated rings. The molecule has 0 aromatic heterocycles. The van der Waals surface area contributed by atoms with E-state index in [1.54, 1.807) is 0 Å². The van der Waals surface area contributed by atoms with Crippen LogP contribution in [0, 0.1) is 10.4 Å². The second-order valence-corrected chi connectivity index (χ2v) is 3.73. The number of aliphatic carboxylic acids is 1. The van der Waals surface area contributed by atoms with E-state index in [0.29, 0.717) is 0 Å². The summed E-state index contributed by atoms with van der Waals surface area (Å²) in [6, 6.07) is 3.53. The van der Waals surface area contributed by atoms with Crippen LogP contribution in [0.2, 0.25) is 0 Å². The largest absolute Gasteiger partial charge is 0.595 e. The quantitative estimate of drug-likeness (QED) is 0.270. The number of carboxylic acids is 1. The number of rotatable bonds is 7. The van der Waals surface area contributed by atoms with Gasteiger partial charge in [-0.1, -0.05) is 0 Å². The van der Waals surface area contributed by atoms with Gasteiger partial charge in [-0.25, -0.2) is 10.4 Å². The number of quaternary nitrogens is 2. The molecule has 1 aromatic rings. The van der Waals surface area contributed by atoms with Crippen molar-refractivity contribution in [3.63, 3.8) is 0 Å². The van der Waals surface area contributed by atoms with Crippen LogP contribution in [-0.4, -0.2) is 27.7 Å². The minimum Gasteiger partial charge on any atom is -0.595 e. The number of nitrogens with zero attached hydrogens (tertiary/aromatic N) is 1. The predicted octanol–water partition coefficient (Wildman–Crippen LogP) is -1.24. The van der Waals surface area contributed by atoms with Crippen molar-refractivity contribution in [2.45, 2.75) is 12.8 Å². The SMILES string of the molecule is O=C(O)CCC=NNc1ccc([NH+]([O-])O)cc1[NH+]([O-])O. The standard InChI is InChI=1S/C10H14N4O6/c15-10(16)2-1-5-11-12-8-4-3-7(13(17)18)6-9(8)14(19)20/h3-6,12-14,17,19H,1-2H2,(H,15,16). The Hall–Kier alpha value is -2.08. The molecule has 0 saturated heterocycles. The minimum atomic E-state index is -1.30. The van der Waals surface area contributed by atoms with Gasteiger partial charge in [0.05, 0.1) is 12.5 Å². The van der Waals surface area contributed by atoms with Gasteiger partial charge in [0, 0.05) is 12.3 Å². The first-order valence-corrected chi connectivity index (χ1v) is 5.51. The van der Waals surface area contributed by atoms with Crippen molar-refractivity contribution in [2.75, 3.05) is 5.43 Å². The average Bonchev–Trinajstić information content (AvgIpc) is 2.37. The Bertz CT molecular complexity index is 491. The van der Waals surface area contributed by atoms with Gasteiger partial charge >= 0.3 is 5.97 Å². The second kappa shape index (κ2) is 7.49. The molecular formula is C10H14N4O6. The van der Waals surface area contributed by atoms with E-state index in [-0.39, 0.29) is 29.9 Å². The normalized spacial score (nSPS) is 14.2. The van der Waals surface area contributed by atoms with Gasteiger partial charge in [0.2, 0.25) is 0 Å². The lowest BCUT2D eigenvalue weighted by atomic mass is 10.2. The highest BCUT2D eigenvalue weighted by molar-refractivity contribution is 5.72. The third kappa shape index (κ3) is 4.89. The van der Waals surface area contributed by atoms with Gasteiger partial charge in [0.25, 0.3) is 0 Å². The molecule has 0 amide bonds. The first kappa shape index (κ1) is 16.0. The molecule has 10 heteroatoms. The zero-order valence-corrected chi connectivity index (χ0v) is 10.2. The maximum Gasteiger partial charge on any atom is 0.303 e. The third-order valence-corrected chi connectivity index (χ3v) is 2.26. The van der Waals surface area contributed by atoms with E-state index in [4.69, 9.17) is 15.5 Å². The molecule has 0 radical (unpaired) electrons. The number of hydrogen-bond donors (Lipinski definition) is 6. The summed E-state index contributed by atoms with van der Waals surface area (Å²) < 4.78 is 0. The number of nitrogens with one attached hydrogen (secondary N) is 3. The zero-order valence-electron chi connectivity index (χ0n) is 10.2. The summed E-state index contributed by atoms with van der Waals surface area (Å²) in [5.41, 5.74) is 2.17. The van der Waals surface area contributed by atoms with Crippen molar-refractivity contribution in [1.82, 2.24) is 0 Å². The summed E-state index contributed by atoms with van der Waals surface area (Å²) in [6.45, 7) is 0. The number of hydrazone groups is 1. The fourth-order valence-corrected chi connectivity index (χ4v) is 1.32. The Morgan fingerprint density at radius 2 is 2.05 bits per heavy atom. The first-order chi connectivity index (χ1) is 9.41. The molecule has 0 spiro atoms. The first-order valence-electron chi connectivity index (χ1n) is 5.51. The molecule has 6 N–H and O–H groups in total. The van der Waals surface area contributed by atoms with E-state index in [1.165, 1.54) is 18.3 Å². The lowest BCUT2D eigenvalue weighted by Gasteiger charge is -2.17. The lowest BCUT2D eigenvalue weighted by molar-refractivity contribution is -0.996. The van der Waals surface area contributed by atoms with Crippen LogP contribution in [0.25, 0.3) is 0 Å². The van der Waals surface area contributed by atoms with Crippen molar-refractivity contribution < 1.29 is 30.8 Å².